The first-order valence-corrected chi connectivity index (χ1v) is 6.50. The van der Waals surface area contributed by atoms with Gasteiger partial charge in [-0.2, -0.15) is 4.39 Å². The van der Waals surface area contributed by atoms with Crippen LogP contribution in [0.25, 0.3) is 10.9 Å². The van der Waals surface area contributed by atoms with E-state index < -0.39 is 47.9 Å². The minimum absolute atomic E-state index is 0.0405. The van der Waals surface area contributed by atoms with Gasteiger partial charge in [0.05, 0.1) is 16.9 Å². The van der Waals surface area contributed by atoms with Crippen LogP contribution in [0.2, 0.25) is 0 Å². The first-order chi connectivity index (χ1) is 10.8. The maximum atomic E-state index is 13.8. The lowest BCUT2D eigenvalue weighted by Crippen LogP contribution is -2.28. The third-order valence-electron chi connectivity index (χ3n) is 3.53. The van der Waals surface area contributed by atoms with Crippen molar-refractivity contribution in [2.24, 2.45) is 0 Å². The van der Waals surface area contributed by atoms with Crippen molar-refractivity contribution in [3.63, 3.8) is 0 Å². The van der Waals surface area contributed by atoms with E-state index in [1.54, 1.807) is 6.92 Å². The molecule has 0 radical (unpaired) electrons. The Morgan fingerprint density at radius 2 is 2.13 bits per heavy atom. The SMILES string of the molecule is C[C@@H]1COc2c(F)c(F)cc3c(=O)c(C(=O)OB(F)F)cn1c23. The molecule has 2 heterocycles. The van der Waals surface area contributed by atoms with Crippen molar-refractivity contribution in [2.45, 2.75) is 13.0 Å². The molecule has 0 unspecified atom stereocenters. The largest absolute Gasteiger partial charge is 0.798 e. The molecule has 0 bridgehead atoms. The average Bonchev–Trinajstić information content (AvgIpc) is 2.47. The van der Waals surface area contributed by atoms with E-state index in [1.165, 1.54) is 4.57 Å². The molecule has 5 nitrogen and oxygen atoms in total. The first-order valence-electron chi connectivity index (χ1n) is 6.50. The maximum Gasteiger partial charge on any atom is 0.798 e. The van der Waals surface area contributed by atoms with Crippen LogP contribution in [0.5, 0.6) is 5.75 Å². The molecule has 1 aromatic heterocycles. The monoisotopic (exact) mass is 329 g/mol. The molecular formula is C13H8BF4NO4. The molecule has 10 heteroatoms. The lowest BCUT2D eigenvalue weighted by Gasteiger charge is -2.27. The Kier molecular flexibility index (Phi) is 3.54. The van der Waals surface area contributed by atoms with E-state index in [-0.39, 0.29) is 17.5 Å². The van der Waals surface area contributed by atoms with Crippen LogP contribution in [0.15, 0.2) is 17.1 Å². The van der Waals surface area contributed by atoms with Crippen LogP contribution in [-0.2, 0) is 4.65 Å². The summed E-state index contributed by atoms with van der Waals surface area (Å²) in [5.74, 6) is -4.60. The van der Waals surface area contributed by atoms with Crippen molar-refractivity contribution in [2.75, 3.05) is 6.61 Å². The minimum Gasteiger partial charge on any atom is -0.486 e. The highest BCUT2D eigenvalue weighted by molar-refractivity contribution is 6.38. The van der Waals surface area contributed by atoms with Crippen molar-refractivity contribution in [1.82, 2.24) is 4.57 Å². The quantitative estimate of drug-likeness (QED) is 0.627. The molecule has 0 N–H and O–H groups in total. The summed E-state index contributed by atoms with van der Waals surface area (Å²) in [4.78, 5) is 23.9. The second-order valence-corrected chi connectivity index (χ2v) is 5.00. The molecule has 0 amide bonds. The van der Waals surface area contributed by atoms with Crippen LogP contribution < -0.4 is 10.2 Å². The molecule has 0 saturated heterocycles. The minimum atomic E-state index is -3.40. The van der Waals surface area contributed by atoms with Crippen LogP contribution >= 0.6 is 0 Å². The number of ether oxygens (including phenoxy) is 1. The number of pyridine rings is 1. The van der Waals surface area contributed by atoms with Crippen molar-refractivity contribution in [3.8, 4) is 5.75 Å². The number of halogens is 4. The zero-order valence-electron chi connectivity index (χ0n) is 11.6. The van der Waals surface area contributed by atoms with Gasteiger partial charge in [0.15, 0.2) is 11.6 Å². The molecular weight excluding hydrogens is 321 g/mol. The van der Waals surface area contributed by atoms with Gasteiger partial charge in [0, 0.05) is 6.20 Å². The summed E-state index contributed by atoms with van der Waals surface area (Å²) in [7, 11) is -3.40. The second kappa shape index (κ2) is 5.29. The summed E-state index contributed by atoms with van der Waals surface area (Å²) in [6.07, 6.45) is 0.989. The summed E-state index contributed by atoms with van der Waals surface area (Å²) < 4.78 is 62.0. The molecule has 1 atom stereocenters. The average molecular weight is 329 g/mol. The first kappa shape index (κ1) is 15.4. The van der Waals surface area contributed by atoms with Gasteiger partial charge in [-0.25, -0.2) is 17.8 Å². The predicted octanol–water partition coefficient (Wildman–Crippen LogP) is 2.31. The van der Waals surface area contributed by atoms with Crippen molar-refractivity contribution < 1.29 is 31.6 Å². The van der Waals surface area contributed by atoms with Gasteiger partial charge in [-0.05, 0) is 13.0 Å². The predicted molar refractivity (Wildman–Crippen MR) is 71.7 cm³/mol. The Bertz CT molecular complexity index is 883. The topological polar surface area (TPSA) is 57.5 Å². The Morgan fingerprint density at radius 1 is 1.43 bits per heavy atom. The second-order valence-electron chi connectivity index (χ2n) is 5.00. The number of aromatic nitrogens is 1. The summed E-state index contributed by atoms with van der Waals surface area (Å²) in [6.45, 7) is 1.59. The third kappa shape index (κ3) is 2.34. The Morgan fingerprint density at radius 3 is 2.78 bits per heavy atom. The fraction of sp³-hybridized carbons (Fsp3) is 0.231. The Balaban J connectivity index is 2.36. The molecule has 1 aromatic carbocycles. The molecule has 120 valence electrons. The van der Waals surface area contributed by atoms with E-state index in [9.17, 15) is 27.0 Å². The summed E-state index contributed by atoms with van der Waals surface area (Å²) >= 11 is 0. The number of hydrogen-bond donors (Lipinski definition) is 0. The number of carbonyl (C=O) groups is 1. The van der Waals surface area contributed by atoms with Crippen molar-refractivity contribution in [3.05, 3.63) is 39.7 Å². The zero-order valence-corrected chi connectivity index (χ0v) is 11.6. The van der Waals surface area contributed by atoms with Crippen molar-refractivity contribution >= 4 is 24.3 Å². The highest BCUT2D eigenvalue weighted by atomic mass is 19.2. The van der Waals surface area contributed by atoms with E-state index in [0.717, 1.165) is 6.20 Å². The fourth-order valence-corrected chi connectivity index (χ4v) is 2.48. The molecule has 2 aromatic rings. The Hall–Kier alpha value is -2.52. The number of rotatable bonds is 2. The van der Waals surface area contributed by atoms with Gasteiger partial charge in [-0.15, -0.1) is 0 Å². The van der Waals surface area contributed by atoms with E-state index in [2.05, 4.69) is 4.65 Å². The third-order valence-corrected chi connectivity index (χ3v) is 3.53. The van der Waals surface area contributed by atoms with Crippen molar-refractivity contribution in [1.29, 1.82) is 0 Å². The van der Waals surface area contributed by atoms with Gasteiger partial charge in [0.25, 0.3) is 0 Å². The molecule has 0 spiro atoms. The normalized spacial score (nSPS) is 16.1. The molecule has 3 rings (SSSR count). The standard InChI is InChI=1S/C13H8BF4NO4/c1-5-4-22-12-9(16)8(15)2-6-10(12)19(5)3-7(11(6)20)13(21)23-14(17)18/h2-3,5H,4H2,1H3/t5-/m1/s1. The van der Waals surface area contributed by atoms with Gasteiger partial charge >= 0.3 is 13.4 Å². The van der Waals surface area contributed by atoms with E-state index in [4.69, 9.17) is 4.74 Å². The van der Waals surface area contributed by atoms with Gasteiger partial charge in [-0.3, -0.25) is 4.79 Å². The highest BCUT2D eigenvalue weighted by Gasteiger charge is 2.30. The van der Waals surface area contributed by atoms with Gasteiger partial charge in [0.2, 0.25) is 11.2 Å². The molecule has 1 aliphatic rings. The summed E-state index contributed by atoms with van der Waals surface area (Å²) in [5.41, 5.74) is -1.77. The number of carbonyl (C=O) groups excluding carboxylic acids is 1. The fourth-order valence-electron chi connectivity index (χ4n) is 2.48. The van der Waals surface area contributed by atoms with Crippen LogP contribution in [0.1, 0.15) is 23.3 Å². The molecule has 1 aliphatic heterocycles. The molecule has 0 saturated carbocycles. The van der Waals surface area contributed by atoms with E-state index in [1.807, 2.05) is 0 Å². The summed E-state index contributed by atoms with van der Waals surface area (Å²) in [5, 5.41) is -0.353. The number of benzene rings is 1. The van der Waals surface area contributed by atoms with Crippen LogP contribution in [-0.4, -0.2) is 24.6 Å². The van der Waals surface area contributed by atoms with Crippen LogP contribution in [0, 0.1) is 11.6 Å². The van der Waals surface area contributed by atoms with Crippen LogP contribution in [0.4, 0.5) is 17.4 Å². The Labute approximate surface area is 126 Å². The lowest BCUT2D eigenvalue weighted by atomic mass is 10.1. The smallest absolute Gasteiger partial charge is 0.486 e. The lowest BCUT2D eigenvalue weighted by molar-refractivity contribution is 0.0692. The van der Waals surface area contributed by atoms with E-state index in [0.29, 0.717) is 6.07 Å². The van der Waals surface area contributed by atoms with Gasteiger partial charge in [-0.1, -0.05) is 0 Å². The molecule has 0 aliphatic carbocycles. The van der Waals surface area contributed by atoms with Crippen LogP contribution in [0.3, 0.4) is 0 Å². The zero-order chi connectivity index (χ0) is 16.9. The molecule has 0 fully saturated rings. The maximum absolute atomic E-state index is 13.8. The number of nitrogens with zero attached hydrogens (tertiary/aromatic N) is 1. The summed E-state index contributed by atoms with van der Waals surface area (Å²) in [6, 6.07) is 0.168. The van der Waals surface area contributed by atoms with Gasteiger partial charge in [0.1, 0.15) is 12.2 Å². The van der Waals surface area contributed by atoms with Gasteiger partial charge < -0.3 is 14.0 Å². The number of hydrogen-bond acceptors (Lipinski definition) is 4. The molecule has 23 heavy (non-hydrogen) atoms. The van der Waals surface area contributed by atoms with E-state index >= 15 is 0 Å². The highest BCUT2D eigenvalue weighted by Crippen LogP contribution is 2.35.